The number of ether oxygens (including phenoxy) is 6. The van der Waals surface area contributed by atoms with Gasteiger partial charge in [-0.15, -0.1) is 0 Å². The molecule has 2 N–H and O–H groups in total. The molecule has 4 aliphatic carbocycles. The molecule has 14 heteroatoms. The van der Waals surface area contributed by atoms with Crippen molar-refractivity contribution in [3.8, 4) is 34.5 Å². The lowest BCUT2D eigenvalue weighted by Crippen LogP contribution is -2.65. The summed E-state index contributed by atoms with van der Waals surface area (Å²) in [6.07, 6.45) is -1.19. The SMILES string of the molecule is COc1cc(OC(=O)C(O)C(O)C(=O)Oc2cc(OC)c3c4c2C[C@@H]2[C@@H]5CCC(=O)C(O3)[C@]45CCN2C)c2c3c1OC1C(=O)CC[C@H]4[C@@H](C2)N(C)CC[C@]314. The number of carbonyl (C=O) groups excluding carboxylic acids is 4. The van der Waals surface area contributed by atoms with Gasteiger partial charge in [-0.05, 0) is 77.5 Å². The number of hydrogen-bond donors (Lipinski definition) is 2. The molecule has 54 heavy (non-hydrogen) atoms. The molecule has 2 aromatic carbocycles. The molecule has 0 aromatic heterocycles. The van der Waals surface area contributed by atoms with Gasteiger partial charge in [0, 0.05) is 70.1 Å². The highest BCUT2D eigenvalue weighted by molar-refractivity contribution is 5.92. The molecule has 286 valence electrons. The van der Waals surface area contributed by atoms with E-state index < -0.39 is 47.2 Å². The van der Waals surface area contributed by atoms with Gasteiger partial charge in [0.1, 0.15) is 11.5 Å². The number of benzene rings is 2. The van der Waals surface area contributed by atoms with E-state index in [1.807, 2.05) is 0 Å². The number of Topliss-reactive ketones (excluding diaryl/α,β-unsaturated/α-hetero) is 2. The van der Waals surface area contributed by atoms with E-state index in [9.17, 15) is 29.4 Å². The van der Waals surface area contributed by atoms with Crippen LogP contribution in [-0.4, -0.2) is 121 Å². The summed E-state index contributed by atoms with van der Waals surface area (Å²) < 4.78 is 35.8. The summed E-state index contributed by atoms with van der Waals surface area (Å²) >= 11 is 0. The zero-order valence-electron chi connectivity index (χ0n) is 30.7. The van der Waals surface area contributed by atoms with Crippen molar-refractivity contribution in [3.63, 3.8) is 0 Å². The second kappa shape index (κ2) is 11.6. The van der Waals surface area contributed by atoms with E-state index in [4.69, 9.17) is 28.4 Å². The van der Waals surface area contributed by atoms with Crippen LogP contribution >= 0.6 is 0 Å². The summed E-state index contributed by atoms with van der Waals surface area (Å²) in [6.45, 7) is 1.55. The molecule has 10 atom stereocenters. The van der Waals surface area contributed by atoms with Gasteiger partial charge in [-0.1, -0.05) is 0 Å². The Balaban J connectivity index is 0.951. The number of nitrogens with zero attached hydrogens (tertiary/aromatic N) is 2. The third kappa shape index (κ3) is 4.20. The van der Waals surface area contributed by atoms with Crippen LogP contribution < -0.4 is 28.4 Å². The molecule has 0 radical (unpaired) electrons. The number of likely N-dealkylation sites (tertiary alicyclic amines) is 2. The minimum Gasteiger partial charge on any atom is -0.493 e. The number of piperidine rings is 2. The highest BCUT2D eigenvalue weighted by atomic mass is 16.6. The van der Waals surface area contributed by atoms with Crippen LogP contribution in [-0.2, 0) is 42.8 Å². The van der Waals surface area contributed by atoms with Crippen molar-refractivity contribution in [2.24, 2.45) is 11.8 Å². The van der Waals surface area contributed by atoms with E-state index in [2.05, 4.69) is 23.9 Å². The Morgan fingerprint density at radius 2 is 1.13 bits per heavy atom. The quantitative estimate of drug-likeness (QED) is 0.308. The Labute approximate surface area is 311 Å². The first-order valence-corrected chi connectivity index (χ1v) is 19.0. The van der Waals surface area contributed by atoms with Gasteiger partial charge in [-0.25, -0.2) is 9.59 Å². The molecule has 2 saturated heterocycles. The molecule has 4 bridgehead atoms. The van der Waals surface area contributed by atoms with E-state index in [0.29, 0.717) is 72.6 Å². The molecule has 2 spiro atoms. The summed E-state index contributed by atoms with van der Waals surface area (Å²) in [5.41, 5.74) is 1.82. The smallest absolute Gasteiger partial charge is 0.343 e. The predicted molar refractivity (Wildman–Crippen MR) is 186 cm³/mol. The van der Waals surface area contributed by atoms with Crippen molar-refractivity contribution < 1.29 is 57.8 Å². The fourth-order valence-corrected chi connectivity index (χ4v) is 12.2. The Morgan fingerprint density at radius 1 is 0.722 bits per heavy atom. The first kappa shape index (κ1) is 34.3. The lowest BCUT2D eigenvalue weighted by Gasteiger charge is -2.57. The molecule has 8 aliphatic rings. The Hall–Kier alpha value is -4.24. The van der Waals surface area contributed by atoms with Crippen molar-refractivity contribution in [2.45, 2.75) is 98.7 Å². The van der Waals surface area contributed by atoms with Gasteiger partial charge in [-0.2, -0.15) is 0 Å². The maximum Gasteiger partial charge on any atom is 0.343 e. The summed E-state index contributed by atoms with van der Waals surface area (Å²) in [4.78, 5) is 58.4. The van der Waals surface area contributed by atoms with Crippen LogP contribution in [0, 0.1) is 11.8 Å². The second-order valence-electron chi connectivity index (χ2n) is 16.6. The van der Waals surface area contributed by atoms with Crippen LogP contribution in [0.4, 0.5) is 0 Å². The fraction of sp³-hybridized carbons (Fsp3) is 0.600. The molecule has 14 nitrogen and oxygen atoms in total. The topological polar surface area (TPSA) is 171 Å². The Kier molecular flexibility index (Phi) is 7.38. The van der Waals surface area contributed by atoms with Crippen LogP contribution in [0.15, 0.2) is 12.1 Å². The van der Waals surface area contributed by atoms with E-state index in [1.54, 1.807) is 0 Å². The van der Waals surface area contributed by atoms with Crippen molar-refractivity contribution in [3.05, 3.63) is 34.4 Å². The largest absolute Gasteiger partial charge is 0.493 e. The number of aliphatic hydroxyl groups excluding tert-OH is 2. The van der Waals surface area contributed by atoms with Gasteiger partial charge < -0.3 is 48.4 Å². The Morgan fingerprint density at radius 3 is 1.52 bits per heavy atom. The number of rotatable bonds is 7. The number of methoxy groups -OCH3 is 2. The average Bonchev–Trinajstić information content (AvgIpc) is 3.70. The number of likely N-dealkylation sites (N-methyl/N-ethyl adjacent to an activating group) is 2. The summed E-state index contributed by atoms with van der Waals surface area (Å²) in [7, 11) is 7.04. The molecular weight excluding hydrogens is 700 g/mol. The van der Waals surface area contributed by atoms with Crippen molar-refractivity contribution in [1.82, 2.24) is 9.80 Å². The van der Waals surface area contributed by atoms with Crippen molar-refractivity contribution >= 4 is 23.5 Å². The van der Waals surface area contributed by atoms with Gasteiger partial charge in [0.25, 0.3) is 0 Å². The van der Waals surface area contributed by atoms with Crippen molar-refractivity contribution in [2.75, 3.05) is 41.4 Å². The third-order valence-electron chi connectivity index (χ3n) is 14.6. The molecular formula is C40H44N2O12. The zero-order valence-corrected chi connectivity index (χ0v) is 30.7. The summed E-state index contributed by atoms with van der Waals surface area (Å²) in [5.74, 6) is -0.326. The van der Waals surface area contributed by atoms with Crippen molar-refractivity contribution in [1.29, 1.82) is 0 Å². The maximum absolute atomic E-state index is 13.6. The molecule has 4 heterocycles. The molecule has 0 amide bonds. The highest BCUT2D eigenvalue weighted by Crippen LogP contribution is 2.66. The molecule has 4 aliphatic heterocycles. The van der Waals surface area contributed by atoms with E-state index in [-0.39, 0.29) is 47.0 Å². The normalized spacial score (nSPS) is 34.9. The zero-order chi connectivity index (χ0) is 37.6. The van der Waals surface area contributed by atoms with Crippen LogP contribution in [0.5, 0.6) is 34.5 Å². The van der Waals surface area contributed by atoms with E-state index in [0.717, 1.165) is 37.1 Å². The molecule has 10 rings (SSSR count). The minimum absolute atomic E-state index is 0.0423. The monoisotopic (exact) mass is 744 g/mol. The first-order chi connectivity index (χ1) is 25.9. The molecule has 4 fully saturated rings. The molecule has 4 unspecified atom stereocenters. The number of hydrogen-bond acceptors (Lipinski definition) is 14. The molecule has 2 saturated carbocycles. The summed E-state index contributed by atoms with van der Waals surface area (Å²) in [6, 6.07) is 3.15. The number of aliphatic hydroxyl groups is 2. The van der Waals surface area contributed by atoms with Crippen LogP contribution in [0.3, 0.4) is 0 Å². The van der Waals surface area contributed by atoms with E-state index >= 15 is 0 Å². The van der Waals surface area contributed by atoms with E-state index in [1.165, 1.54) is 26.4 Å². The van der Waals surface area contributed by atoms with Crippen LogP contribution in [0.1, 0.15) is 60.8 Å². The van der Waals surface area contributed by atoms with Gasteiger partial charge in [0.05, 0.1) is 14.2 Å². The minimum atomic E-state index is -2.30. The highest BCUT2D eigenvalue weighted by Gasteiger charge is 2.68. The predicted octanol–water partition coefficient (Wildman–Crippen LogP) is 1.41. The van der Waals surface area contributed by atoms with Gasteiger partial charge >= 0.3 is 11.9 Å². The number of carbonyl (C=O) groups is 4. The maximum atomic E-state index is 13.6. The van der Waals surface area contributed by atoms with Crippen LogP contribution in [0.2, 0.25) is 0 Å². The second-order valence-corrected chi connectivity index (χ2v) is 16.6. The third-order valence-corrected chi connectivity index (χ3v) is 14.6. The molecule has 2 aromatic rings. The number of ketones is 2. The Bertz CT molecular complexity index is 1910. The van der Waals surface area contributed by atoms with Gasteiger partial charge in [-0.3, -0.25) is 9.59 Å². The lowest BCUT2D eigenvalue weighted by atomic mass is 9.51. The first-order valence-electron chi connectivity index (χ1n) is 19.0. The summed E-state index contributed by atoms with van der Waals surface area (Å²) in [5, 5.41) is 22.3. The number of esters is 2. The standard InChI is InChI=1S/C40H44N2O12/c1-41-11-9-39-19-5-7-23(43)35(39)53-33-27(49-3)15-25(17(29(33)39)13-21(19)41)51-37(47)31(45)32(46)38(48)52-26-16-28(50-4)34-30-18(26)14-22-20-6-8-24(44)36(54-34)40(20,30)10-12-42(22)2/h15-16,19-22,31-32,35-36,45-46H,5-14H2,1-4H3/t19-,20-,21+,22+,31?,32?,35?,36?,39-,40-/m0/s1. The fourth-order valence-electron chi connectivity index (χ4n) is 12.2. The van der Waals surface area contributed by atoms with Gasteiger partial charge in [0.15, 0.2) is 59.0 Å². The average molecular weight is 745 g/mol. The van der Waals surface area contributed by atoms with Crippen LogP contribution in [0.25, 0.3) is 0 Å². The lowest BCUT2D eigenvalue weighted by molar-refractivity contribution is -0.162. The van der Waals surface area contributed by atoms with Gasteiger partial charge in [0.2, 0.25) is 0 Å².